The van der Waals surface area contributed by atoms with Gasteiger partial charge < -0.3 is 5.32 Å². The van der Waals surface area contributed by atoms with E-state index in [-0.39, 0.29) is 0 Å². The maximum absolute atomic E-state index is 4.96. The third kappa shape index (κ3) is 2.62. The summed E-state index contributed by atoms with van der Waals surface area (Å²) in [5.74, 6) is 0. The van der Waals surface area contributed by atoms with Crippen LogP contribution in [-0.4, -0.2) is 4.99 Å². The van der Waals surface area contributed by atoms with Crippen molar-refractivity contribution in [1.29, 1.82) is 0 Å². The quantitative estimate of drug-likeness (QED) is 0.700. The normalized spacial score (nSPS) is 12.2. The third-order valence-corrected chi connectivity index (χ3v) is 1.84. The Hall–Kier alpha value is -0.890. The summed E-state index contributed by atoms with van der Waals surface area (Å²) in [6, 6.07) is 10.6. The summed E-state index contributed by atoms with van der Waals surface area (Å²) < 4.78 is 0. The standard InChI is InChI=1S/C10H13NS/c1-8(11-9(2)12)10-6-4-3-5-7-10/h3-8H,1-2H3,(H,11,12)/t8-/m1/s1. The van der Waals surface area contributed by atoms with Crippen LogP contribution in [0.15, 0.2) is 30.3 Å². The van der Waals surface area contributed by atoms with Gasteiger partial charge in [0.25, 0.3) is 0 Å². The lowest BCUT2D eigenvalue weighted by Gasteiger charge is -2.13. The highest BCUT2D eigenvalue weighted by Crippen LogP contribution is 2.10. The van der Waals surface area contributed by atoms with Crippen molar-refractivity contribution in [3.63, 3.8) is 0 Å². The number of rotatable bonds is 2. The number of hydrogen-bond acceptors (Lipinski definition) is 1. The Morgan fingerprint density at radius 1 is 1.33 bits per heavy atom. The van der Waals surface area contributed by atoms with E-state index in [1.54, 1.807) is 0 Å². The average molecular weight is 179 g/mol. The van der Waals surface area contributed by atoms with Crippen LogP contribution in [0.25, 0.3) is 0 Å². The molecule has 0 fully saturated rings. The molecule has 0 amide bonds. The van der Waals surface area contributed by atoms with Crippen LogP contribution >= 0.6 is 12.2 Å². The van der Waals surface area contributed by atoms with E-state index in [1.165, 1.54) is 5.56 Å². The minimum atomic E-state index is 0.309. The molecule has 1 rings (SSSR count). The lowest BCUT2D eigenvalue weighted by molar-refractivity contribution is 0.722. The van der Waals surface area contributed by atoms with Gasteiger partial charge in [0.15, 0.2) is 0 Å². The molecule has 0 bridgehead atoms. The molecule has 1 aromatic rings. The number of nitrogens with one attached hydrogen (secondary N) is 1. The monoisotopic (exact) mass is 179 g/mol. The second kappa shape index (κ2) is 4.21. The van der Waals surface area contributed by atoms with Crippen molar-refractivity contribution >= 4 is 17.2 Å². The van der Waals surface area contributed by atoms with Crippen molar-refractivity contribution in [3.05, 3.63) is 35.9 Å². The maximum atomic E-state index is 4.96. The third-order valence-electron chi connectivity index (χ3n) is 1.72. The van der Waals surface area contributed by atoms with Gasteiger partial charge in [-0.15, -0.1) is 0 Å². The second-order valence-corrected chi connectivity index (χ2v) is 3.45. The highest BCUT2D eigenvalue weighted by atomic mass is 32.1. The van der Waals surface area contributed by atoms with Crippen molar-refractivity contribution < 1.29 is 0 Å². The Bertz CT molecular complexity index is 256. The van der Waals surface area contributed by atoms with Gasteiger partial charge in [0.2, 0.25) is 0 Å². The molecule has 0 aliphatic heterocycles. The largest absolute Gasteiger partial charge is 0.373 e. The molecule has 64 valence electrons. The molecule has 1 aromatic carbocycles. The van der Waals surface area contributed by atoms with Crippen LogP contribution in [-0.2, 0) is 0 Å². The summed E-state index contributed by atoms with van der Waals surface area (Å²) in [5, 5.41) is 3.19. The molecule has 0 radical (unpaired) electrons. The van der Waals surface area contributed by atoms with Gasteiger partial charge in [0, 0.05) is 6.04 Å². The van der Waals surface area contributed by atoms with E-state index in [0.29, 0.717) is 6.04 Å². The van der Waals surface area contributed by atoms with E-state index in [0.717, 1.165) is 4.99 Å². The minimum absolute atomic E-state index is 0.309. The molecule has 0 saturated carbocycles. The van der Waals surface area contributed by atoms with E-state index in [9.17, 15) is 0 Å². The van der Waals surface area contributed by atoms with Crippen LogP contribution in [0.5, 0.6) is 0 Å². The lowest BCUT2D eigenvalue weighted by atomic mass is 10.1. The Balaban J connectivity index is 2.65. The van der Waals surface area contributed by atoms with Gasteiger partial charge in [0.05, 0.1) is 4.99 Å². The number of hydrogen-bond donors (Lipinski definition) is 1. The first kappa shape index (κ1) is 9.20. The molecular formula is C10H13NS. The molecule has 2 heteroatoms. The fourth-order valence-electron chi connectivity index (χ4n) is 1.13. The predicted octanol–water partition coefficient (Wildman–Crippen LogP) is 2.68. The molecule has 0 aromatic heterocycles. The summed E-state index contributed by atoms with van der Waals surface area (Å²) in [4.78, 5) is 0.839. The first-order valence-electron chi connectivity index (χ1n) is 4.02. The van der Waals surface area contributed by atoms with Crippen molar-refractivity contribution in [2.45, 2.75) is 19.9 Å². The van der Waals surface area contributed by atoms with Gasteiger partial charge >= 0.3 is 0 Å². The predicted molar refractivity (Wildman–Crippen MR) is 56.3 cm³/mol. The van der Waals surface area contributed by atoms with Crippen molar-refractivity contribution in [1.82, 2.24) is 5.32 Å². The molecule has 0 heterocycles. The molecule has 12 heavy (non-hydrogen) atoms. The summed E-state index contributed by atoms with van der Waals surface area (Å²) >= 11 is 4.96. The maximum Gasteiger partial charge on any atom is 0.0726 e. The lowest BCUT2D eigenvalue weighted by Crippen LogP contribution is -2.21. The topological polar surface area (TPSA) is 12.0 Å². The van der Waals surface area contributed by atoms with E-state index in [2.05, 4.69) is 24.4 Å². The zero-order valence-corrected chi connectivity index (χ0v) is 8.19. The summed E-state index contributed by atoms with van der Waals surface area (Å²) in [7, 11) is 0. The Kier molecular flexibility index (Phi) is 3.23. The molecule has 0 spiro atoms. The van der Waals surface area contributed by atoms with Gasteiger partial charge in [-0.3, -0.25) is 0 Å². The average Bonchev–Trinajstić information content (AvgIpc) is 2.05. The smallest absolute Gasteiger partial charge is 0.0726 e. The summed E-state index contributed by atoms with van der Waals surface area (Å²) in [6.07, 6.45) is 0. The zero-order chi connectivity index (χ0) is 8.97. The fraction of sp³-hybridized carbons (Fsp3) is 0.300. The van der Waals surface area contributed by atoms with Crippen molar-refractivity contribution in [2.75, 3.05) is 0 Å². The molecular weight excluding hydrogens is 166 g/mol. The molecule has 1 atom stereocenters. The molecule has 0 aliphatic carbocycles. The Morgan fingerprint density at radius 2 is 1.92 bits per heavy atom. The molecule has 0 saturated heterocycles. The molecule has 0 unspecified atom stereocenters. The highest BCUT2D eigenvalue weighted by Gasteiger charge is 2.02. The first-order chi connectivity index (χ1) is 5.70. The first-order valence-corrected chi connectivity index (χ1v) is 4.43. The van der Waals surface area contributed by atoms with Gasteiger partial charge in [-0.05, 0) is 19.4 Å². The van der Waals surface area contributed by atoms with Crippen molar-refractivity contribution in [2.24, 2.45) is 0 Å². The molecule has 1 N–H and O–H groups in total. The number of thiocarbonyl (C=S) groups is 1. The van der Waals surface area contributed by atoms with Gasteiger partial charge in [-0.1, -0.05) is 42.5 Å². The van der Waals surface area contributed by atoms with E-state index < -0.39 is 0 Å². The van der Waals surface area contributed by atoms with Crippen LogP contribution in [0.1, 0.15) is 25.5 Å². The van der Waals surface area contributed by atoms with Crippen LogP contribution < -0.4 is 5.32 Å². The molecule has 0 aliphatic rings. The van der Waals surface area contributed by atoms with Gasteiger partial charge in [-0.25, -0.2) is 0 Å². The van der Waals surface area contributed by atoms with Crippen LogP contribution in [0, 0.1) is 0 Å². The van der Waals surface area contributed by atoms with Gasteiger partial charge in [-0.2, -0.15) is 0 Å². The highest BCUT2D eigenvalue weighted by molar-refractivity contribution is 7.80. The Morgan fingerprint density at radius 3 is 2.42 bits per heavy atom. The van der Waals surface area contributed by atoms with Crippen LogP contribution in [0.4, 0.5) is 0 Å². The minimum Gasteiger partial charge on any atom is -0.373 e. The van der Waals surface area contributed by atoms with Crippen LogP contribution in [0.2, 0.25) is 0 Å². The summed E-state index contributed by atoms with van der Waals surface area (Å²) in [6.45, 7) is 4.00. The van der Waals surface area contributed by atoms with Gasteiger partial charge in [0.1, 0.15) is 0 Å². The molecule has 1 nitrogen and oxygen atoms in total. The van der Waals surface area contributed by atoms with E-state index >= 15 is 0 Å². The SMILES string of the molecule is CC(=S)N[C@H](C)c1ccccc1. The van der Waals surface area contributed by atoms with E-state index in [4.69, 9.17) is 12.2 Å². The fourth-order valence-corrected chi connectivity index (χ4v) is 1.31. The second-order valence-electron chi connectivity index (χ2n) is 2.83. The van der Waals surface area contributed by atoms with Crippen LogP contribution in [0.3, 0.4) is 0 Å². The Labute approximate surface area is 78.8 Å². The van der Waals surface area contributed by atoms with Crippen molar-refractivity contribution in [3.8, 4) is 0 Å². The summed E-state index contributed by atoms with van der Waals surface area (Å²) in [5.41, 5.74) is 1.27. The zero-order valence-electron chi connectivity index (χ0n) is 7.37. The number of benzene rings is 1. The van der Waals surface area contributed by atoms with E-state index in [1.807, 2.05) is 25.1 Å².